The van der Waals surface area contributed by atoms with Crippen molar-refractivity contribution in [1.29, 1.82) is 0 Å². The van der Waals surface area contributed by atoms with Crippen LogP contribution in [0, 0.1) is 6.92 Å². The molecule has 0 saturated carbocycles. The number of nitrogens with zero attached hydrogens (tertiary/aromatic N) is 2. The molecular formula is C24H19ClN2O4S. The number of esters is 1. The quantitative estimate of drug-likeness (QED) is 0.371. The molecule has 1 amide bonds. The smallest absolute Gasteiger partial charge is 0.325 e. The predicted molar refractivity (Wildman–Crippen MR) is 124 cm³/mol. The van der Waals surface area contributed by atoms with Crippen molar-refractivity contribution in [3.05, 3.63) is 87.7 Å². The molecule has 1 aromatic heterocycles. The first kappa shape index (κ1) is 21.8. The number of ether oxygens (including phenoxy) is 2. The van der Waals surface area contributed by atoms with Crippen LogP contribution in [0.15, 0.2) is 71.7 Å². The lowest BCUT2D eigenvalue weighted by Crippen LogP contribution is -2.22. The molecule has 8 heteroatoms. The first-order valence-corrected chi connectivity index (χ1v) is 10.9. The van der Waals surface area contributed by atoms with Gasteiger partial charge in [0.1, 0.15) is 18.0 Å². The fourth-order valence-electron chi connectivity index (χ4n) is 3.24. The van der Waals surface area contributed by atoms with E-state index in [4.69, 9.17) is 21.1 Å². The van der Waals surface area contributed by atoms with Gasteiger partial charge in [-0.1, -0.05) is 53.3 Å². The zero-order valence-electron chi connectivity index (χ0n) is 17.4. The molecule has 0 aliphatic rings. The van der Waals surface area contributed by atoms with E-state index in [0.717, 1.165) is 15.8 Å². The lowest BCUT2D eigenvalue weighted by atomic mass is 10.2. The minimum absolute atomic E-state index is 0.0913. The summed E-state index contributed by atoms with van der Waals surface area (Å²) in [6.07, 6.45) is 0. The molecule has 1 heterocycles. The van der Waals surface area contributed by atoms with Crippen LogP contribution in [0.4, 0.5) is 0 Å². The van der Waals surface area contributed by atoms with Crippen molar-refractivity contribution in [3.8, 4) is 11.5 Å². The van der Waals surface area contributed by atoms with E-state index in [1.807, 2.05) is 31.2 Å². The molecule has 0 atom stereocenters. The zero-order chi connectivity index (χ0) is 22.7. The van der Waals surface area contributed by atoms with Crippen molar-refractivity contribution in [2.75, 3.05) is 7.11 Å². The van der Waals surface area contributed by atoms with Crippen molar-refractivity contribution in [2.24, 2.45) is 4.99 Å². The summed E-state index contributed by atoms with van der Waals surface area (Å²) in [6.45, 7) is 1.77. The Kier molecular flexibility index (Phi) is 6.39. The first-order chi connectivity index (χ1) is 15.5. The highest BCUT2D eigenvalue weighted by Gasteiger charge is 2.17. The molecule has 4 aromatic rings. The van der Waals surface area contributed by atoms with Gasteiger partial charge in [-0.3, -0.25) is 9.59 Å². The average molecular weight is 467 g/mol. The van der Waals surface area contributed by atoms with Crippen molar-refractivity contribution < 1.29 is 19.1 Å². The molecule has 0 unspecified atom stereocenters. The van der Waals surface area contributed by atoms with Gasteiger partial charge >= 0.3 is 5.97 Å². The number of carbonyl (C=O) groups is 2. The molecule has 0 bridgehead atoms. The number of rotatable bonds is 5. The number of thiazole rings is 1. The maximum Gasteiger partial charge on any atom is 0.325 e. The molecule has 3 aromatic carbocycles. The first-order valence-electron chi connectivity index (χ1n) is 9.74. The van der Waals surface area contributed by atoms with Crippen molar-refractivity contribution in [1.82, 2.24) is 4.57 Å². The summed E-state index contributed by atoms with van der Waals surface area (Å²) < 4.78 is 13.3. The largest absolute Gasteiger partial charge is 0.468 e. The average Bonchev–Trinajstić information content (AvgIpc) is 3.14. The monoisotopic (exact) mass is 466 g/mol. The number of benzene rings is 3. The molecular weight excluding hydrogens is 448 g/mol. The van der Waals surface area contributed by atoms with E-state index in [-0.39, 0.29) is 6.54 Å². The number of hydrogen-bond donors (Lipinski definition) is 0. The van der Waals surface area contributed by atoms with Crippen LogP contribution in [0.25, 0.3) is 10.2 Å². The Morgan fingerprint density at radius 2 is 1.75 bits per heavy atom. The SMILES string of the molecule is COC(=O)Cn1c(=NC(=O)c2ccccc2Oc2ccccc2)sc2ccc(Cl)c(C)c21. The second-order valence-electron chi connectivity index (χ2n) is 6.89. The maximum atomic E-state index is 13.2. The topological polar surface area (TPSA) is 69.9 Å². The summed E-state index contributed by atoms with van der Waals surface area (Å²) in [5.41, 5.74) is 1.85. The second-order valence-corrected chi connectivity index (χ2v) is 8.31. The van der Waals surface area contributed by atoms with E-state index in [9.17, 15) is 9.59 Å². The molecule has 162 valence electrons. The Bertz CT molecular complexity index is 1380. The molecule has 6 nitrogen and oxygen atoms in total. The zero-order valence-corrected chi connectivity index (χ0v) is 18.9. The Morgan fingerprint density at radius 1 is 1.03 bits per heavy atom. The number of carbonyl (C=O) groups excluding carboxylic acids is 2. The van der Waals surface area contributed by atoms with Gasteiger partial charge in [0.15, 0.2) is 4.80 Å². The van der Waals surface area contributed by atoms with E-state index in [2.05, 4.69) is 4.99 Å². The summed E-state index contributed by atoms with van der Waals surface area (Å²) in [5.74, 6) is 0.0733. The highest BCUT2D eigenvalue weighted by atomic mass is 35.5. The molecule has 0 spiro atoms. The summed E-state index contributed by atoms with van der Waals surface area (Å²) in [5, 5.41) is 0.563. The van der Waals surface area contributed by atoms with Gasteiger partial charge in [-0.2, -0.15) is 4.99 Å². The highest BCUT2D eigenvalue weighted by Crippen LogP contribution is 2.28. The van der Waals surface area contributed by atoms with Crippen LogP contribution in [0.2, 0.25) is 5.02 Å². The normalized spacial score (nSPS) is 11.5. The number of fused-ring (bicyclic) bond motifs is 1. The minimum Gasteiger partial charge on any atom is -0.468 e. The fraction of sp³-hybridized carbons (Fsp3) is 0.125. The van der Waals surface area contributed by atoms with E-state index >= 15 is 0 Å². The molecule has 32 heavy (non-hydrogen) atoms. The van der Waals surface area contributed by atoms with Crippen molar-refractivity contribution in [3.63, 3.8) is 0 Å². The molecule has 0 aliphatic carbocycles. The third-order valence-electron chi connectivity index (χ3n) is 4.83. The minimum atomic E-state index is -0.481. The second kappa shape index (κ2) is 9.38. The molecule has 0 saturated heterocycles. The Hall–Kier alpha value is -3.42. The molecule has 0 radical (unpaired) electrons. The van der Waals surface area contributed by atoms with Crippen LogP contribution >= 0.6 is 22.9 Å². The standard InChI is InChI=1S/C24H19ClN2O4S/c1-15-18(25)12-13-20-22(15)27(14-21(28)30-2)24(32-20)26-23(29)17-10-6-7-11-19(17)31-16-8-4-3-5-9-16/h3-13H,14H2,1-2H3. The number of methoxy groups -OCH3 is 1. The van der Waals surface area contributed by atoms with Crippen LogP contribution < -0.4 is 9.54 Å². The Morgan fingerprint density at radius 3 is 2.50 bits per heavy atom. The Labute approximate surface area is 193 Å². The van der Waals surface area contributed by atoms with Crippen LogP contribution in [-0.4, -0.2) is 23.6 Å². The molecule has 0 N–H and O–H groups in total. The van der Waals surface area contributed by atoms with Gasteiger partial charge in [0.25, 0.3) is 5.91 Å². The summed E-state index contributed by atoms with van der Waals surface area (Å²) in [7, 11) is 1.32. The van der Waals surface area contributed by atoms with Gasteiger partial charge < -0.3 is 14.0 Å². The van der Waals surface area contributed by atoms with Gasteiger partial charge in [0, 0.05) is 5.02 Å². The third kappa shape index (κ3) is 4.44. The lowest BCUT2D eigenvalue weighted by Gasteiger charge is -2.09. The number of para-hydroxylation sites is 2. The fourth-order valence-corrected chi connectivity index (χ4v) is 4.48. The predicted octanol–water partition coefficient (Wildman–Crippen LogP) is 5.37. The van der Waals surface area contributed by atoms with Crippen LogP contribution in [0.5, 0.6) is 11.5 Å². The van der Waals surface area contributed by atoms with Gasteiger partial charge in [-0.05, 0) is 48.9 Å². The van der Waals surface area contributed by atoms with E-state index in [1.54, 1.807) is 47.0 Å². The van der Waals surface area contributed by atoms with Crippen LogP contribution in [0.3, 0.4) is 0 Å². The maximum absolute atomic E-state index is 13.2. The number of amides is 1. The van der Waals surface area contributed by atoms with Gasteiger partial charge in [-0.25, -0.2) is 0 Å². The van der Waals surface area contributed by atoms with E-state index in [0.29, 0.717) is 26.9 Å². The number of halogens is 1. The Balaban J connectivity index is 1.82. The molecule has 4 rings (SSSR count). The van der Waals surface area contributed by atoms with E-state index in [1.165, 1.54) is 18.4 Å². The van der Waals surface area contributed by atoms with Crippen LogP contribution in [0.1, 0.15) is 15.9 Å². The van der Waals surface area contributed by atoms with Gasteiger partial charge in [-0.15, -0.1) is 0 Å². The van der Waals surface area contributed by atoms with Crippen molar-refractivity contribution >= 4 is 45.0 Å². The van der Waals surface area contributed by atoms with Crippen molar-refractivity contribution in [2.45, 2.75) is 13.5 Å². The van der Waals surface area contributed by atoms with Gasteiger partial charge in [0.05, 0.1) is 22.9 Å². The number of hydrogen-bond acceptors (Lipinski definition) is 5. The third-order valence-corrected chi connectivity index (χ3v) is 6.28. The summed E-state index contributed by atoms with van der Waals surface area (Å²) >= 11 is 7.60. The lowest BCUT2D eigenvalue weighted by molar-refractivity contribution is -0.141. The number of aryl methyl sites for hydroxylation is 1. The summed E-state index contributed by atoms with van der Waals surface area (Å²) in [6, 6.07) is 19.7. The van der Waals surface area contributed by atoms with Crippen LogP contribution in [-0.2, 0) is 16.1 Å². The molecule has 0 fully saturated rings. The highest BCUT2D eigenvalue weighted by molar-refractivity contribution is 7.16. The number of aromatic nitrogens is 1. The molecule has 0 aliphatic heterocycles. The summed E-state index contributed by atoms with van der Waals surface area (Å²) in [4.78, 5) is 29.9. The van der Waals surface area contributed by atoms with E-state index < -0.39 is 11.9 Å². The van der Waals surface area contributed by atoms with Gasteiger partial charge in [0.2, 0.25) is 0 Å².